The van der Waals surface area contributed by atoms with Crippen LogP contribution in [0.2, 0.25) is 0 Å². The van der Waals surface area contributed by atoms with E-state index in [1.54, 1.807) is 0 Å². The van der Waals surface area contributed by atoms with Gasteiger partial charge in [-0.1, -0.05) is 6.42 Å². The lowest BCUT2D eigenvalue weighted by Gasteiger charge is -2.39. The predicted octanol–water partition coefficient (Wildman–Crippen LogP) is 1.99. The molecule has 6 nitrogen and oxygen atoms in total. The van der Waals surface area contributed by atoms with Gasteiger partial charge in [-0.25, -0.2) is 4.79 Å². The summed E-state index contributed by atoms with van der Waals surface area (Å²) >= 11 is 0. The SMILES string of the molecule is O=C(N[C@@H]1CCCC12CCOCC2)N1CCCN(C(=O)C2CC2)CC1. The Morgan fingerprint density at radius 2 is 1.60 bits per heavy atom. The molecule has 0 radical (unpaired) electrons. The second-order valence-corrected chi connectivity index (χ2v) is 8.31. The Labute approximate surface area is 150 Å². The van der Waals surface area contributed by atoms with Crippen molar-refractivity contribution in [3.63, 3.8) is 0 Å². The number of carbonyl (C=O) groups excluding carboxylic acids is 2. The molecule has 0 bridgehead atoms. The quantitative estimate of drug-likeness (QED) is 0.829. The van der Waals surface area contributed by atoms with Crippen LogP contribution in [0.4, 0.5) is 4.79 Å². The molecule has 1 atom stereocenters. The third-order valence-electron chi connectivity index (χ3n) is 6.71. The zero-order valence-corrected chi connectivity index (χ0v) is 15.2. The third kappa shape index (κ3) is 3.64. The summed E-state index contributed by atoms with van der Waals surface area (Å²) in [6.45, 7) is 4.55. The molecule has 2 heterocycles. The number of urea groups is 1. The molecule has 0 unspecified atom stereocenters. The van der Waals surface area contributed by atoms with Crippen LogP contribution in [-0.4, -0.2) is 67.2 Å². The van der Waals surface area contributed by atoms with Crippen molar-refractivity contribution in [1.82, 2.24) is 15.1 Å². The average Bonchev–Trinajstić information content (AvgIpc) is 3.44. The summed E-state index contributed by atoms with van der Waals surface area (Å²) in [5.41, 5.74) is 0.258. The maximum atomic E-state index is 12.8. The molecule has 1 spiro atoms. The highest BCUT2D eigenvalue weighted by atomic mass is 16.5. The van der Waals surface area contributed by atoms with Crippen molar-refractivity contribution in [3.05, 3.63) is 0 Å². The van der Waals surface area contributed by atoms with Crippen molar-refractivity contribution in [2.45, 2.75) is 57.4 Å². The average molecular weight is 349 g/mol. The van der Waals surface area contributed by atoms with Crippen molar-refractivity contribution in [1.29, 1.82) is 0 Å². The molecule has 3 amide bonds. The van der Waals surface area contributed by atoms with E-state index >= 15 is 0 Å². The minimum Gasteiger partial charge on any atom is -0.381 e. The minimum atomic E-state index is 0.0680. The summed E-state index contributed by atoms with van der Waals surface area (Å²) in [7, 11) is 0. The highest BCUT2D eigenvalue weighted by Crippen LogP contribution is 2.46. The number of hydrogen-bond acceptors (Lipinski definition) is 3. The molecule has 0 aromatic heterocycles. The van der Waals surface area contributed by atoms with Crippen LogP contribution in [-0.2, 0) is 9.53 Å². The Kier molecular flexibility index (Phi) is 4.89. The third-order valence-corrected chi connectivity index (χ3v) is 6.71. The molecule has 4 fully saturated rings. The number of carbonyl (C=O) groups is 2. The highest BCUT2D eigenvalue weighted by molar-refractivity contribution is 5.81. The normalized spacial score (nSPS) is 29.5. The molecule has 6 heteroatoms. The smallest absolute Gasteiger partial charge is 0.317 e. The molecule has 2 aliphatic carbocycles. The number of amides is 3. The highest BCUT2D eigenvalue weighted by Gasteiger charge is 2.45. The summed E-state index contributed by atoms with van der Waals surface area (Å²) < 4.78 is 5.54. The molecule has 2 saturated carbocycles. The largest absolute Gasteiger partial charge is 0.381 e. The molecular formula is C19H31N3O3. The summed E-state index contributed by atoms with van der Waals surface area (Å²) in [6, 6.07) is 0.356. The van der Waals surface area contributed by atoms with Crippen LogP contribution in [0.5, 0.6) is 0 Å². The van der Waals surface area contributed by atoms with Gasteiger partial charge in [0.25, 0.3) is 0 Å². The molecule has 2 aliphatic heterocycles. The van der Waals surface area contributed by atoms with Crippen LogP contribution in [0.1, 0.15) is 51.4 Å². The second kappa shape index (κ2) is 7.14. The molecule has 4 aliphatic rings. The molecule has 0 aromatic carbocycles. The Morgan fingerprint density at radius 1 is 0.880 bits per heavy atom. The monoisotopic (exact) mass is 349 g/mol. The van der Waals surface area contributed by atoms with Crippen molar-refractivity contribution in [2.75, 3.05) is 39.4 Å². The van der Waals surface area contributed by atoms with Crippen molar-refractivity contribution < 1.29 is 14.3 Å². The van der Waals surface area contributed by atoms with Gasteiger partial charge in [0.1, 0.15) is 0 Å². The number of ether oxygens (including phenoxy) is 1. The molecule has 140 valence electrons. The van der Waals surface area contributed by atoms with Gasteiger partial charge in [0, 0.05) is 51.4 Å². The van der Waals surface area contributed by atoms with E-state index in [9.17, 15) is 9.59 Å². The standard InChI is InChI=1S/C19H31N3O3/c23-17(15-4-5-15)21-9-2-10-22(12-11-21)18(24)20-16-3-1-6-19(16)7-13-25-14-8-19/h15-16H,1-14H2,(H,20,24)/t16-/m1/s1. The fourth-order valence-corrected chi connectivity index (χ4v) is 4.91. The molecule has 4 rings (SSSR count). The van der Waals surface area contributed by atoms with Gasteiger partial charge in [-0.3, -0.25) is 4.79 Å². The van der Waals surface area contributed by atoms with Gasteiger partial charge in [-0.15, -0.1) is 0 Å². The van der Waals surface area contributed by atoms with Gasteiger partial charge in [-0.2, -0.15) is 0 Å². The van der Waals surface area contributed by atoms with Gasteiger partial charge >= 0.3 is 6.03 Å². The van der Waals surface area contributed by atoms with Crippen molar-refractivity contribution >= 4 is 11.9 Å². The zero-order chi connectivity index (χ0) is 17.3. The van der Waals surface area contributed by atoms with Crippen molar-refractivity contribution in [3.8, 4) is 0 Å². The maximum absolute atomic E-state index is 12.8. The minimum absolute atomic E-state index is 0.0680. The second-order valence-electron chi connectivity index (χ2n) is 8.31. The first-order chi connectivity index (χ1) is 12.2. The summed E-state index contributed by atoms with van der Waals surface area (Å²) in [6.07, 6.45) is 8.63. The first-order valence-electron chi connectivity index (χ1n) is 10.1. The van der Waals surface area contributed by atoms with Gasteiger partial charge in [0.15, 0.2) is 0 Å². The fraction of sp³-hybridized carbons (Fsp3) is 0.895. The fourth-order valence-electron chi connectivity index (χ4n) is 4.91. The predicted molar refractivity (Wildman–Crippen MR) is 94.2 cm³/mol. The Hall–Kier alpha value is -1.30. The lowest BCUT2D eigenvalue weighted by Crippen LogP contribution is -2.52. The van der Waals surface area contributed by atoms with Crippen LogP contribution in [0.3, 0.4) is 0 Å². The van der Waals surface area contributed by atoms with Gasteiger partial charge in [-0.05, 0) is 50.4 Å². The molecule has 1 N–H and O–H groups in total. The number of rotatable bonds is 2. The van der Waals surface area contributed by atoms with Crippen LogP contribution < -0.4 is 5.32 Å². The lowest BCUT2D eigenvalue weighted by molar-refractivity contribution is -0.132. The van der Waals surface area contributed by atoms with Crippen LogP contribution >= 0.6 is 0 Å². The molecule has 25 heavy (non-hydrogen) atoms. The number of nitrogens with one attached hydrogen (secondary N) is 1. The van der Waals surface area contributed by atoms with E-state index in [-0.39, 0.29) is 23.4 Å². The first kappa shape index (κ1) is 17.1. The van der Waals surface area contributed by atoms with E-state index in [2.05, 4.69) is 5.32 Å². The maximum Gasteiger partial charge on any atom is 0.317 e. The van der Waals surface area contributed by atoms with E-state index in [0.29, 0.717) is 19.0 Å². The zero-order valence-electron chi connectivity index (χ0n) is 15.2. The van der Waals surface area contributed by atoms with E-state index < -0.39 is 0 Å². The van der Waals surface area contributed by atoms with Gasteiger partial charge in [0.05, 0.1) is 0 Å². The van der Waals surface area contributed by atoms with E-state index in [1.165, 1.54) is 12.8 Å². The van der Waals surface area contributed by atoms with Gasteiger partial charge < -0.3 is 19.9 Å². The summed E-state index contributed by atoms with van der Waals surface area (Å²) in [4.78, 5) is 29.0. The van der Waals surface area contributed by atoms with Crippen LogP contribution in [0.15, 0.2) is 0 Å². The Morgan fingerprint density at radius 3 is 2.36 bits per heavy atom. The summed E-state index contributed by atoms with van der Waals surface area (Å²) in [5.74, 6) is 0.575. The van der Waals surface area contributed by atoms with E-state index in [4.69, 9.17) is 4.74 Å². The topological polar surface area (TPSA) is 61.9 Å². The molecule has 0 aromatic rings. The van der Waals surface area contributed by atoms with Crippen LogP contribution in [0, 0.1) is 11.3 Å². The first-order valence-corrected chi connectivity index (χ1v) is 10.1. The lowest BCUT2D eigenvalue weighted by atomic mass is 9.75. The van der Waals surface area contributed by atoms with E-state index in [0.717, 1.165) is 64.8 Å². The molecule has 2 saturated heterocycles. The summed E-state index contributed by atoms with van der Waals surface area (Å²) in [5, 5.41) is 3.34. The number of nitrogens with zero attached hydrogens (tertiary/aromatic N) is 2. The number of hydrogen-bond donors (Lipinski definition) is 1. The van der Waals surface area contributed by atoms with E-state index in [1.807, 2.05) is 9.80 Å². The Bertz CT molecular complexity index is 514. The van der Waals surface area contributed by atoms with Crippen molar-refractivity contribution in [2.24, 2.45) is 11.3 Å². The Balaban J connectivity index is 1.32. The molecular weight excluding hydrogens is 318 g/mol. The van der Waals surface area contributed by atoms with Gasteiger partial charge in [0.2, 0.25) is 5.91 Å². The van der Waals surface area contributed by atoms with Crippen LogP contribution in [0.25, 0.3) is 0 Å².